The van der Waals surface area contributed by atoms with Gasteiger partial charge in [-0.2, -0.15) is 0 Å². The Morgan fingerprint density at radius 1 is 1.25 bits per heavy atom. The molecule has 2 N–H and O–H groups in total. The molecular formula is C16H21N3O. The van der Waals surface area contributed by atoms with Gasteiger partial charge in [0.1, 0.15) is 0 Å². The lowest BCUT2D eigenvalue weighted by Crippen LogP contribution is -2.34. The lowest BCUT2D eigenvalue weighted by molar-refractivity contribution is 0.0955. The number of aryl methyl sites for hydroxylation is 1. The van der Waals surface area contributed by atoms with Crippen molar-refractivity contribution < 1.29 is 4.79 Å². The van der Waals surface area contributed by atoms with E-state index < -0.39 is 0 Å². The zero-order valence-corrected chi connectivity index (χ0v) is 12.2. The number of carbonyl (C=O) groups is 1. The van der Waals surface area contributed by atoms with Crippen molar-refractivity contribution in [2.24, 2.45) is 0 Å². The van der Waals surface area contributed by atoms with Gasteiger partial charge in [0.25, 0.3) is 5.91 Å². The third-order valence-electron chi connectivity index (χ3n) is 3.05. The van der Waals surface area contributed by atoms with Crippen molar-refractivity contribution in [2.45, 2.75) is 26.8 Å². The maximum Gasteiger partial charge on any atom is 0.252 e. The molecule has 0 bridgehead atoms. The maximum atomic E-state index is 12.3. The van der Waals surface area contributed by atoms with E-state index in [0.717, 1.165) is 23.1 Å². The van der Waals surface area contributed by atoms with Crippen molar-refractivity contribution in [1.29, 1.82) is 0 Å². The number of para-hydroxylation sites is 1. The van der Waals surface area contributed by atoms with Gasteiger partial charge in [-0.05, 0) is 19.1 Å². The molecule has 1 aromatic carbocycles. The van der Waals surface area contributed by atoms with Crippen LogP contribution in [0.2, 0.25) is 0 Å². The second-order valence-electron chi connectivity index (χ2n) is 5.19. The normalized spacial score (nSPS) is 11.0. The number of pyridine rings is 1. The third kappa shape index (κ3) is 3.54. The van der Waals surface area contributed by atoms with Crippen molar-refractivity contribution >= 4 is 16.8 Å². The Hall–Kier alpha value is -1.94. The molecule has 0 saturated carbocycles. The fourth-order valence-corrected chi connectivity index (χ4v) is 2.13. The fourth-order valence-electron chi connectivity index (χ4n) is 2.13. The van der Waals surface area contributed by atoms with E-state index in [4.69, 9.17) is 0 Å². The molecule has 0 atom stereocenters. The van der Waals surface area contributed by atoms with Crippen molar-refractivity contribution in [2.75, 3.05) is 13.1 Å². The van der Waals surface area contributed by atoms with Crippen LogP contribution in [0.4, 0.5) is 0 Å². The summed E-state index contributed by atoms with van der Waals surface area (Å²) >= 11 is 0. The van der Waals surface area contributed by atoms with E-state index in [2.05, 4.69) is 29.5 Å². The minimum Gasteiger partial charge on any atom is -0.351 e. The summed E-state index contributed by atoms with van der Waals surface area (Å²) in [5.74, 6) is -0.0442. The van der Waals surface area contributed by atoms with Crippen molar-refractivity contribution in [1.82, 2.24) is 15.6 Å². The second-order valence-corrected chi connectivity index (χ2v) is 5.19. The van der Waals surface area contributed by atoms with Crippen molar-refractivity contribution in [3.8, 4) is 0 Å². The molecule has 4 nitrogen and oxygen atoms in total. The number of hydrogen-bond acceptors (Lipinski definition) is 3. The van der Waals surface area contributed by atoms with Gasteiger partial charge in [-0.3, -0.25) is 9.78 Å². The summed E-state index contributed by atoms with van der Waals surface area (Å²) in [6, 6.07) is 9.99. The molecule has 2 rings (SSSR count). The van der Waals surface area contributed by atoms with Gasteiger partial charge in [0.05, 0.1) is 11.1 Å². The zero-order chi connectivity index (χ0) is 14.5. The molecule has 1 aromatic heterocycles. The van der Waals surface area contributed by atoms with Crippen LogP contribution >= 0.6 is 0 Å². The first kappa shape index (κ1) is 14.5. The number of rotatable bonds is 5. The van der Waals surface area contributed by atoms with Crippen LogP contribution < -0.4 is 10.6 Å². The number of benzene rings is 1. The van der Waals surface area contributed by atoms with E-state index in [1.165, 1.54) is 0 Å². The Balaban J connectivity index is 2.13. The monoisotopic (exact) mass is 271 g/mol. The average Bonchev–Trinajstić information content (AvgIpc) is 2.42. The molecule has 1 amide bonds. The van der Waals surface area contributed by atoms with E-state index in [9.17, 15) is 4.79 Å². The number of hydrogen-bond donors (Lipinski definition) is 2. The molecular weight excluding hydrogens is 250 g/mol. The van der Waals surface area contributed by atoms with Crippen LogP contribution in [-0.4, -0.2) is 30.0 Å². The lowest BCUT2D eigenvalue weighted by Gasteiger charge is -2.11. The maximum absolute atomic E-state index is 12.3. The minimum absolute atomic E-state index is 0.0442. The van der Waals surface area contributed by atoms with E-state index >= 15 is 0 Å². The molecule has 1 heterocycles. The number of nitrogens with zero attached hydrogens (tertiary/aromatic N) is 1. The topological polar surface area (TPSA) is 54.0 Å². The zero-order valence-electron chi connectivity index (χ0n) is 12.2. The number of nitrogens with one attached hydrogen (secondary N) is 2. The third-order valence-corrected chi connectivity index (χ3v) is 3.05. The van der Waals surface area contributed by atoms with Gasteiger partial charge in [0, 0.05) is 30.2 Å². The van der Waals surface area contributed by atoms with Gasteiger partial charge in [-0.25, -0.2) is 0 Å². The SMILES string of the molecule is Cc1cc(C(=O)NCCNC(C)C)c2ccccc2n1. The van der Waals surface area contributed by atoms with Gasteiger partial charge >= 0.3 is 0 Å². The van der Waals surface area contributed by atoms with Gasteiger partial charge < -0.3 is 10.6 Å². The lowest BCUT2D eigenvalue weighted by atomic mass is 10.1. The van der Waals surface area contributed by atoms with Gasteiger partial charge in [-0.1, -0.05) is 32.0 Å². The van der Waals surface area contributed by atoms with Crippen LogP contribution in [0.5, 0.6) is 0 Å². The molecule has 4 heteroatoms. The Morgan fingerprint density at radius 2 is 2.00 bits per heavy atom. The summed E-state index contributed by atoms with van der Waals surface area (Å²) in [6.45, 7) is 7.46. The van der Waals surface area contributed by atoms with Crippen LogP contribution in [0.25, 0.3) is 10.9 Å². The molecule has 0 radical (unpaired) electrons. The van der Waals surface area contributed by atoms with Crippen LogP contribution in [0.3, 0.4) is 0 Å². The number of carbonyl (C=O) groups excluding carboxylic acids is 1. The molecule has 0 fully saturated rings. The predicted octanol–water partition coefficient (Wildman–Crippen LogP) is 2.27. The summed E-state index contributed by atoms with van der Waals surface area (Å²) in [5, 5.41) is 7.11. The first-order chi connectivity index (χ1) is 9.58. The Labute approximate surface area is 119 Å². The van der Waals surface area contributed by atoms with Crippen LogP contribution in [0.1, 0.15) is 29.9 Å². The molecule has 0 aliphatic heterocycles. The van der Waals surface area contributed by atoms with E-state index in [-0.39, 0.29) is 5.91 Å². The summed E-state index contributed by atoms with van der Waals surface area (Å²) in [6.07, 6.45) is 0. The molecule has 20 heavy (non-hydrogen) atoms. The van der Waals surface area contributed by atoms with E-state index in [1.54, 1.807) is 0 Å². The summed E-state index contributed by atoms with van der Waals surface area (Å²) in [7, 11) is 0. The first-order valence-corrected chi connectivity index (χ1v) is 6.96. The highest BCUT2D eigenvalue weighted by Gasteiger charge is 2.11. The molecule has 0 unspecified atom stereocenters. The Bertz CT molecular complexity index is 608. The predicted molar refractivity (Wildman–Crippen MR) is 82.0 cm³/mol. The molecule has 0 saturated heterocycles. The number of amides is 1. The van der Waals surface area contributed by atoms with Crippen LogP contribution in [0, 0.1) is 6.92 Å². The number of aromatic nitrogens is 1. The summed E-state index contributed by atoms with van der Waals surface area (Å²) in [4.78, 5) is 16.7. The Kier molecular flexibility index (Phi) is 4.69. The van der Waals surface area contributed by atoms with E-state index in [1.807, 2.05) is 37.3 Å². The summed E-state index contributed by atoms with van der Waals surface area (Å²) in [5.41, 5.74) is 2.41. The standard InChI is InChI=1S/C16H21N3O/c1-11(2)17-8-9-18-16(20)14-10-12(3)19-15-7-5-4-6-13(14)15/h4-7,10-11,17H,8-9H2,1-3H3,(H,18,20). The smallest absolute Gasteiger partial charge is 0.252 e. The molecule has 0 aliphatic rings. The second kappa shape index (κ2) is 6.48. The molecule has 106 valence electrons. The van der Waals surface area contributed by atoms with E-state index in [0.29, 0.717) is 18.2 Å². The van der Waals surface area contributed by atoms with Gasteiger partial charge in [0.2, 0.25) is 0 Å². The summed E-state index contributed by atoms with van der Waals surface area (Å²) < 4.78 is 0. The molecule has 2 aromatic rings. The molecule has 0 spiro atoms. The highest BCUT2D eigenvalue weighted by molar-refractivity contribution is 6.06. The highest BCUT2D eigenvalue weighted by Crippen LogP contribution is 2.17. The van der Waals surface area contributed by atoms with Crippen molar-refractivity contribution in [3.05, 3.63) is 41.6 Å². The van der Waals surface area contributed by atoms with Crippen LogP contribution in [0.15, 0.2) is 30.3 Å². The Morgan fingerprint density at radius 3 is 2.75 bits per heavy atom. The van der Waals surface area contributed by atoms with Crippen molar-refractivity contribution in [3.63, 3.8) is 0 Å². The van der Waals surface area contributed by atoms with Crippen LogP contribution in [-0.2, 0) is 0 Å². The minimum atomic E-state index is -0.0442. The van der Waals surface area contributed by atoms with Gasteiger partial charge in [0.15, 0.2) is 0 Å². The first-order valence-electron chi connectivity index (χ1n) is 6.96. The fraction of sp³-hybridized carbons (Fsp3) is 0.375. The largest absolute Gasteiger partial charge is 0.351 e. The molecule has 0 aliphatic carbocycles. The van der Waals surface area contributed by atoms with Gasteiger partial charge in [-0.15, -0.1) is 0 Å². The number of fused-ring (bicyclic) bond motifs is 1. The average molecular weight is 271 g/mol. The quantitative estimate of drug-likeness (QED) is 0.820. The highest BCUT2D eigenvalue weighted by atomic mass is 16.1.